The van der Waals surface area contributed by atoms with Crippen molar-refractivity contribution < 1.29 is 19.1 Å². The highest BCUT2D eigenvalue weighted by atomic mass is 32.1. The minimum Gasteiger partial charge on any atom is -0.454 e. The number of carbonyl (C=O) groups is 2. The summed E-state index contributed by atoms with van der Waals surface area (Å²) < 4.78 is 11.6. The lowest BCUT2D eigenvalue weighted by Gasteiger charge is -2.03. The van der Waals surface area contributed by atoms with Crippen molar-refractivity contribution in [3.63, 3.8) is 0 Å². The average Bonchev–Trinajstić information content (AvgIpc) is 3.47. The van der Waals surface area contributed by atoms with Crippen molar-refractivity contribution in [2.45, 2.75) is 13.3 Å². The van der Waals surface area contributed by atoms with Gasteiger partial charge >= 0.3 is 0 Å². The Hall–Kier alpha value is -3.50. The number of benzene rings is 2. The molecule has 0 spiro atoms. The molecule has 0 atom stereocenters. The largest absolute Gasteiger partial charge is 0.454 e. The van der Waals surface area contributed by atoms with E-state index in [-0.39, 0.29) is 25.0 Å². The van der Waals surface area contributed by atoms with Crippen molar-refractivity contribution in [1.82, 2.24) is 9.97 Å². The lowest BCUT2D eigenvalue weighted by atomic mass is 10.2. The topological polar surface area (TPSA) is 102 Å². The molecule has 1 aliphatic heterocycles. The first-order valence-corrected chi connectivity index (χ1v) is 11.1. The van der Waals surface area contributed by atoms with Gasteiger partial charge in [-0.1, -0.05) is 23.5 Å². The number of ether oxygens (including phenoxy) is 2. The van der Waals surface area contributed by atoms with Gasteiger partial charge in [0.2, 0.25) is 12.7 Å². The van der Waals surface area contributed by atoms with Gasteiger partial charge in [-0.3, -0.25) is 14.9 Å². The second-order valence-electron chi connectivity index (χ2n) is 6.83. The van der Waals surface area contributed by atoms with Gasteiger partial charge in [0.05, 0.1) is 22.3 Å². The van der Waals surface area contributed by atoms with Gasteiger partial charge in [-0.2, -0.15) is 0 Å². The highest BCUT2D eigenvalue weighted by Crippen LogP contribution is 2.33. The molecule has 4 aromatic rings. The van der Waals surface area contributed by atoms with Crippen LogP contribution in [0.1, 0.15) is 21.6 Å². The van der Waals surface area contributed by atoms with Crippen LogP contribution < -0.4 is 20.1 Å². The van der Waals surface area contributed by atoms with E-state index in [0.29, 0.717) is 33.0 Å². The minimum atomic E-state index is -0.312. The van der Waals surface area contributed by atoms with Crippen molar-refractivity contribution in [3.05, 3.63) is 58.6 Å². The Morgan fingerprint density at radius 1 is 1.06 bits per heavy atom. The lowest BCUT2D eigenvalue weighted by Crippen LogP contribution is -2.15. The Morgan fingerprint density at radius 2 is 1.94 bits per heavy atom. The fourth-order valence-corrected chi connectivity index (χ4v) is 4.79. The van der Waals surface area contributed by atoms with Crippen LogP contribution in [-0.2, 0) is 11.2 Å². The standard InChI is InChI=1S/C21H16N4O4S2/c1-11-3-2-4-16-18(11)24-21(31-16)23-17(26)8-13-9-30-20(22-13)25-19(27)12-5-6-14-15(7-12)29-10-28-14/h2-7,9H,8,10H2,1H3,(H,22,25,27)(H,23,24,26). The summed E-state index contributed by atoms with van der Waals surface area (Å²) >= 11 is 2.69. The SMILES string of the molecule is Cc1cccc2sc(NC(=O)Cc3csc(NC(=O)c4ccc5c(c4)OCO5)n3)nc12. The normalized spacial score (nSPS) is 12.2. The Labute approximate surface area is 184 Å². The van der Waals surface area contributed by atoms with Gasteiger partial charge in [0.1, 0.15) is 0 Å². The molecule has 0 fully saturated rings. The molecular weight excluding hydrogens is 436 g/mol. The summed E-state index contributed by atoms with van der Waals surface area (Å²) in [4.78, 5) is 33.7. The molecule has 31 heavy (non-hydrogen) atoms. The van der Waals surface area contributed by atoms with Gasteiger partial charge in [-0.25, -0.2) is 9.97 Å². The van der Waals surface area contributed by atoms with Gasteiger partial charge in [0.25, 0.3) is 5.91 Å². The van der Waals surface area contributed by atoms with Crippen LogP contribution in [0, 0.1) is 6.92 Å². The van der Waals surface area contributed by atoms with Crippen molar-refractivity contribution in [2.24, 2.45) is 0 Å². The van der Waals surface area contributed by atoms with Crippen LogP contribution in [0.15, 0.2) is 41.8 Å². The van der Waals surface area contributed by atoms with E-state index >= 15 is 0 Å². The number of amides is 2. The highest BCUT2D eigenvalue weighted by Gasteiger charge is 2.17. The molecule has 3 heterocycles. The van der Waals surface area contributed by atoms with Gasteiger partial charge < -0.3 is 14.8 Å². The number of aryl methyl sites for hydroxylation is 1. The molecule has 2 aromatic carbocycles. The van der Waals surface area contributed by atoms with Crippen LogP contribution >= 0.6 is 22.7 Å². The molecule has 0 unspecified atom stereocenters. The summed E-state index contributed by atoms with van der Waals surface area (Å²) in [6.45, 7) is 2.14. The quantitative estimate of drug-likeness (QED) is 0.470. The molecule has 0 saturated carbocycles. The number of para-hydroxylation sites is 1. The Morgan fingerprint density at radius 3 is 2.81 bits per heavy atom. The molecule has 8 nitrogen and oxygen atoms in total. The van der Waals surface area contributed by atoms with Crippen LogP contribution in [-0.4, -0.2) is 28.6 Å². The first-order valence-electron chi connectivity index (χ1n) is 9.36. The molecule has 5 rings (SSSR count). The molecule has 2 amide bonds. The molecule has 2 aromatic heterocycles. The second kappa shape index (κ2) is 7.97. The third kappa shape index (κ3) is 4.07. The third-order valence-corrected chi connectivity index (χ3v) is 6.36. The number of rotatable bonds is 5. The maximum absolute atomic E-state index is 12.5. The lowest BCUT2D eigenvalue weighted by molar-refractivity contribution is -0.115. The Balaban J connectivity index is 1.21. The highest BCUT2D eigenvalue weighted by molar-refractivity contribution is 7.22. The van der Waals surface area contributed by atoms with Crippen LogP contribution in [0.25, 0.3) is 10.2 Å². The molecule has 10 heteroatoms. The monoisotopic (exact) mass is 452 g/mol. The van der Waals surface area contributed by atoms with Gasteiger partial charge in [0.15, 0.2) is 21.8 Å². The van der Waals surface area contributed by atoms with E-state index in [9.17, 15) is 9.59 Å². The number of nitrogens with zero attached hydrogens (tertiary/aromatic N) is 2. The fourth-order valence-electron chi connectivity index (χ4n) is 3.12. The number of hydrogen-bond donors (Lipinski definition) is 2. The first-order chi connectivity index (χ1) is 15.0. The molecule has 0 aliphatic carbocycles. The van der Waals surface area contributed by atoms with Crippen LogP contribution in [0.3, 0.4) is 0 Å². The van der Waals surface area contributed by atoms with Gasteiger partial charge in [0, 0.05) is 10.9 Å². The molecule has 156 valence electrons. The van der Waals surface area contributed by atoms with Crippen molar-refractivity contribution in [2.75, 3.05) is 17.4 Å². The molecule has 0 radical (unpaired) electrons. The summed E-state index contributed by atoms with van der Waals surface area (Å²) in [6, 6.07) is 10.9. The number of aromatic nitrogens is 2. The molecule has 2 N–H and O–H groups in total. The second-order valence-corrected chi connectivity index (χ2v) is 8.72. The molecule has 1 aliphatic rings. The van der Waals surface area contributed by atoms with E-state index in [2.05, 4.69) is 20.6 Å². The van der Waals surface area contributed by atoms with E-state index in [1.54, 1.807) is 23.6 Å². The minimum absolute atomic E-state index is 0.0886. The molecular formula is C21H16N4O4S2. The van der Waals surface area contributed by atoms with Crippen molar-refractivity contribution in [3.8, 4) is 11.5 Å². The molecule has 0 bridgehead atoms. The van der Waals surface area contributed by atoms with E-state index < -0.39 is 0 Å². The Kier molecular flexibility index (Phi) is 5.00. The maximum atomic E-state index is 12.5. The number of anilines is 2. The number of hydrogen-bond acceptors (Lipinski definition) is 8. The van der Waals surface area contributed by atoms with Crippen LogP contribution in [0.4, 0.5) is 10.3 Å². The first kappa shape index (κ1) is 19.5. The fraction of sp³-hybridized carbons (Fsp3) is 0.143. The third-order valence-electron chi connectivity index (χ3n) is 4.62. The van der Waals surface area contributed by atoms with E-state index in [4.69, 9.17) is 9.47 Å². The van der Waals surface area contributed by atoms with Gasteiger partial charge in [-0.05, 0) is 36.8 Å². The van der Waals surface area contributed by atoms with Crippen molar-refractivity contribution in [1.29, 1.82) is 0 Å². The number of nitrogens with one attached hydrogen (secondary N) is 2. The van der Waals surface area contributed by atoms with Crippen LogP contribution in [0.5, 0.6) is 11.5 Å². The number of carbonyl (C=O) groups excluding carboxylic acids is 2. The van der Waals surface area contributed by atoms with E-state index in [1.165, 1.54) is 22.7 Å². The number of thiazole rings is 2. The molecule has 0 saturated heterocycles. The Bertz CT molecular complexity index is 1310. The predicted octanol–water partition coefficient (Wildman–Crippen LogP) is 4.22. The maximum Gasteiger partial charge on any atom is 0.257 e. The smallest absolute Gasteiger partial charge is 0.257 e. The predicted molar refractivity (Wildman–Crippen MR) is 119 cm³/mol. The van der Waals surface area contributed by atoms with Gasteiger partial charge in [-0.15, -0.1) is 11.3 Å². The van der Waals surface area contributed by atoms with Crippen LogP contribution in [0.2, 0.25) is 0 Å². The zero-order valence-corrected chi connectivity index (χ0v) is 17.9. The van der Waals surface area contributed by atoms with E-state index in [0.717, 1.165) is 15.8 Å². The summed E-state index contributed by atoms with van der Waals surface area (Å²) in [5.74, 6) is 0.626. The average molecular weight is 453 g/mol. The number of fused-ring (bicyclic) bond motifs is 2. The summed E-state index contributed by atoms with van der Waals surface area (Å²) in [7, 11) is 0. The summed E-state index contributed by atoms with van der Waals surface area (Å²) in [5.41, 5.74) is 2.97. The summed E-state index contributed by atoms with van der Waals surface area (Å²) in [6.07, 6.45) is 0.0886. The summed E-state index contributed by atoms with van der Waals surface area (Å²) in [5, 5.41) is 8.30. The zero-order chi connectivity index (χ0) is 21.4. The van der Waals surface area contributed by atoms with E-state index in [1.807, 2.05) is 25.1 Å². The zero-order valence-electron chi connectivity index (χ0n) is 16.3. The van der Waals surface area contributed by atoms with Crippen molar-refractivity contribution >= 4 is 55.0 Å².